The fraction of sp³-hybridized carbons (Fsp3) is 0.0833. The van der Waals surface area contributed by atoms with Crippen LogP contribution in [-0.4, -0.2) is 19.6 Å². The average molecular weight is 315 g/mol. The van der Waals surface area contributed by atoms with E-state index < -0.39 is 17.4 Å². The molecule has 0 aliphatic heterocycles. The number of benzene rings is 1. The van der Waals surface area contributed by atoms with E-state index in [0.29, 0.717) is 16.7 Å². The number of fused-ring (bicyclic) bond motifs is 1. The van der Waals surface area contributed by atoms with E-state index in [-0.39, 0.29) is 11.6 Å². The Balaban J connectivity index is 2.21. The first kappa shape index (κ1) is 13.6. The van der Waals surface area contributed by atoms with Gasteiger partial charge in [0, 0.05) is 16.7 Å². The molecule has 3 aromatic rings. The van der Waals surface area contributed by atoms with Crippen molar-refractivity contribution < 1.29 is 13.2 Å². The van der Waals surface area contributed by atoms with E-state index in [0.717, 1.165) is 4.52 Å². The maximum Gasteiger partial charge on any atom is 0.433 e. The molecule has 0 fully saturated rings. The van der Waals surface area contributed by atoms with Crippen molar-refractivity contribution >= 4 is 17.4 Å². The number of nitrogens with zero attached hydrogens (tertiary/aromatic N) is 3. The Morgan fingerprint density at radius 1 is 1.19 bits per heavy atom. The van der Waals surface area contributed by atoms with E-state index in [2.05, 4.69) is 15.1 Å². The molecule has 0 aliphatic carbocycles. The van der Waals surface area contributed by atoms with Crippen molar-refractivity contribution in [1.29, 1.82) is 0 Å². The molecule has 5 nitrogen and oxygen atoms in total. The van der Waals surface area contributed by atoms with Crippen LogP contribution in [0.5, 0.6) is 0 Å². The summed E-state index contributed by atoms with van der Waals surface area (Å²) >= 11 is 5.84. The lowest BCUT2D eigenvalue weighted by atomic mass is 10.2. The van der Waals surface area contributed by atoms with Crippen molar-refractivity contribution in [2.75, 3.05) is 0 Å². The van der Waals surface area contributed by atoms with Crippen molar-refractivity contribution in [2.24, 2.45) is 0 Å². The zero-order valence-electron chi connectivity index (χ0n) is 10.1. The zero-order chi connectivity index (χ0) is 15.2. The van der Waals surface area contributed by atoms with Gasteiger partial charge in [-0.25, -0.2) is 4.98 Å². The largest absolute Gasteiger partial charge is 0.433 e. The maximum absolute atomic E-state index is 12.6. The number of nitrogens with one attached hydrogen (secondary N) is 1. The van der Waals surface area contributed by atoms with Crippen LogP contribution in [0.2, 0.25) is 5.02 Å². The summed E-state index contributed by atoms with van der Waals surface area (Å²) in [7, 11) is 0. The van der Waals surface area contributed by atoms with Gasteiger partial charge in [0.25, 0.3) is 11.3 Å². The molecule has 0 spiro atoms. The van der Waals surface area contributed by atoms with Crippen LogP contribution in [0, 0.1) is 0 Å². The topological polar surface area (TPSA) is 63.0 Å². The summed E-state index contributed by atoms with van der Waals surface area (Å²) in [5.41, 5.74) is -1.65. The molecule has 0 atom stereocenters. The van der Waals surface area contributed by atoms with Crippen LogP contribution < -0.4 is 5.56 Å². The minimum absolute atomic E-state index is 0.196. The van der Waals surface area contributed by atoms with Gasteiger partial charge in [-0.1, -0.05) is 23.7 Å². The minimum atomic E-state index is -4.71. The van der Waals surface area contributed by atoms with Crippen LogP contribution in [0.1, 0.15) is 5.69 Å². The van der Waals surface area contributed by atoms with Gasteiger partial charge in [0.1, 0.15) is 0 Å². The van der Waals surface area contributed by atoms with Gasteiger partial charge < -0.3 is 0 Å². The highest BCUT2D eigenvalue weighted by molar-refractivity contribution is 6.30. The van der Waals surface area contributed by atoms with Crippen LogP contribution in [0.4, 0.5) is 13.2 Å². The number of aromatic nitrogens is 4. The lowest BCUT2D eigenvalue weighted by Crippen LogP contribution is -2.20. The molecule has 0 amide bonds. The van der Waals surface area contributed by atoms with Gasteiger partial charge in [-0.3, -0.25) is 9.89 Å². The number of hydrogen-bond acceptors (Lipinski definition) is 3. The monoisotopic (exact) mass is 314 g/mol. The summed E-state index contributed by atoms with van der Waals surface area (Å²) < 4.78 is 38.7. The first-order chi connectivity index (χ1) is 9.84. The summed E-state index contributed by atoms with van der Waals surface area (Å²) in [5.74, 6) is -0.161. The smallest absolute Gasteiger partial charge is 0.271 e. The van der Waals surface area contributed by atoms with Crippen molar-refractivity contribution in [3.05, 3.63) is 51.4 Å². The van der Waals surface area contributed by atoms with Crippen molar-refractivity contribution in [1.82, 2.24) is 19.6 Å². The van der Waals surface area contributed by atoms with Crippen LogP contribution >= 0.6 is 11.6 Å². The molecular formula is C12H6ClF3N4O. The first-order valence-electron chi connectivity index (χ1n) is 5.67. The predicted molar refractivity (Wildman–Crippen MR) is 69.1 cm³/mol. The Bertz CT molecular complexity index is 884. The van der Waals surface area contributed by atoms with E-state index in [1.165, 1.54) is 0 Å². The third-order valence-electron chi connectivity index (χ3n) is 2.72. The normalized spacial score (nSPS) is 12.0. The molecule has 0 saturated carbocycles. The second-order valence-electron chi connectivity index (χ2n) is 4.20. The van der Waals surface area contributed by atoms with Crippen LogP contribution in [0.3, 0.4) is 0 Å². The summed E-state index contributed by atoms with van der Waals surface area (Å²) in [5, 5.41) is 3.03. The molecule has 0 unspecified atom stereocenters. The molecule has 108 valence electrons. The lowest BCUT2D eigenvalue weighted by molar-refractivity contribution is -0.141. The highest BCUT2D eigenvalue weighted by atomic mass is 35.5. The van der Waals surface area contributed by atoms with Crippen molar-refractivity contribution in [3.63, 3.8) is 0 Å². The number of halogens is 4. The molecule has 1 N–H and O–H groups in total. The molecule has 21 heavy (non-hydrogen) atoms. The fourth-order valence-electron chi connectivity index (χ4n) is 1.79. The Morgan fingerprint density at radius 2 is 1.95 bits per heavy atom. The van der Waals surface area contributed by atoms with E-state index >= 15 is 0 Å². The van der Waals surface area contributed by atoms with Gasteiger partial charge in [-0.05, 0) is 12.1 Å². The molecular weight excluding hydrogens is 309 g/mol. The van der Waals surface area contributed by atoms with Crippen molar-refractivity contribution in [3.8, 4) is 11.4 Å². The van der Waals surface area contributed by atoms with Gasteiger partial charge in [-0.2, -0.15) is 22.7 Å². The number of hydrogen-bond donors (Lipinski definition) is 1. The number of alkyl halides is 3. The third-order valence-corrected chi connectivity index (χ3v) is 2.95. The molecule has 1 aromatic carbocycles. The van der Waals surface area contributed by atoms with E-state index in [4.69, 9.17) is 11.6 Å². The summed E-state index contributed by atoms with van der Waals surface area (Å²) in [6.45, 7) is 0. The second-order valence-corrected chi connectivity index (χ2v) is 4.63. The highest BCUT2D eigenvalue weighted by Gasteiger charge is 2.34. The highest BCUT2D eigenvalue weighted by Crippen LogP contribution is 2.27. The molecule has 2 heterocycles. The van der Waals surface area contributed by atoms with E-state index in [9.17, 15) is 18.0 Å². The molecule has 0 bridgehead atoms. The zero-order valence-corrected chi connectivity index (χ0v) is 10.9. The fourth-order valence-corrected chi connectivity index (χ4v) is 1.98. The van der Waals surface area contributed by atoms with Crippen LogP contribution in [-0.2, 0) is 6.18 Å². The van der Waals surface area contributed by atoms with E-state index in [1.54, 1.807) is 24.3 Å². The maximum atomic E-state index is 12.6. The SMILES string of the molecule is O=c1cc(C(F)(F)F)nc2nc(-c3cccc(Cl)c3)[nH]n12. The van der Waals surface area contributed by atoms with Gasteiger partial charge in [-0.15, -0.1) is 0 Å². The number of rotatable bonds is 1. The van der Waals surface area contributed by atoms with Gasteiger partial charge >= 0.3 is 6.18 Å². The Hall–Kier alpha value is -2.35. The molecule has 0 radical (unpaired) electrons. The van der Waals surface area contributed by atoms with Gasteiger partial charge in [0.2, 0.25) is 0 Å². The molecule has 3 rings (SSSR count). The molecule has 0 saturated heterocycles. The summed E-state index contributed by atoms with van der Waals surface area (Å²) in [4.78, 5) is 18.9. The van der Waals surface area contributed by atoms with Crippen LogP contribution in [0.25, 0.3) is 17.2 Å². The summed E-state index contributed by atoms with van der Waals surface area (Å²) in [6, 6.07) is 6.92. The van der Waals surface area contributed by atoms with E-state index in [1.807, 2.05) is 0 Å². The predicted octanol–water partition coefficient (Wildman–Crippen LogP) is 2.76. The molecule has 2 aromatic heterocycles. The average Bonchev–Trinajstić information content (AvgIpc) is 2.82. The number of H-pyrrole nitrogens is 1. The standard InChI is InChI=1S/C12H6ClF3N4O/c13-7-3-1-2-6(4-7)10-18-11-17-8(12(14,15)16)5-9(21)20(11)19-10/h1-5H,(H,17,18,19). The Morgan fingerprint density at radius 3 is 2.62 bits per heavy atom. The molecule has 9 heteroatoms. The minimum Gasteiger partial charge on any atom is -0.271 e. The second kappa shape index (κ2) is 4.59. The Kier molecular flexibility index (Phi) is 2.98. The first-order valence-corrected chi connectivity index (χ1v) is 6.05. The van der Waals surface area contributed by atoms with Gasteiger partial charge in [0.05, 0.1) is 0 Å². The quantitative estimate of drug-likeness (QED) is 0.751. The Labute approximate surface area is 120 Å². The van der Waals surface area contributed by atoms with Gasteiger partial charge in [0.15, 0.2) is 11.5 Å². The lowest BCUT2D eigenvalue weighted by Gasteiger charge is -2.03. The van der Waals surface area contributed by atoms with Crippen molar-refractivity contribution in [2.45, 2.75) is 6.18 Å². The third kappa shape index (κ3) is 2.49. The summed E-state index contributed by atoms with van der Waals surface area (Å²) in [6.07, 6.45) is -4.71. The van der Waals surface area contributed by atoms with Crippen LogP contribution in [0.15, 0.2) is 35.1 Å². The number of aromatic amines is 1. The molecule has 0 aliphatic rings.